The Morgan fingerprint density at radius 3 is 2.57 bits per heavy atom. The Bertz CT molecular complexity index is 1040. The van der Waals surface area contributed by atoms with Gasteiger partial charge in [0.2, 0.25) is 0 Å². The molecule has 35 heavy (non-hydrogen) atoms. The summed E-state index contributed by atoms with van der Waals surface area (Å²) in [5.41, 5.74) is -2.57. The number of pyridine rings is 1. The summed E-state index contributed by atoms with van der Waals surface area (Å²) in [7, 11) is 1.03. The lowest BCUT2D eigenvalue weighted by atomic mass is 9.75. The van der Waals surface area contributed by atoms with E-state index in [0.717, 1.165) is 13.0 Å². The van der Waals surface area contributed by atoms with Gasteiger partial charge in [-0.25, -0.2) is 4.98 Å². The Hall–Kier alpha value is -2.47. The molecule has 2 aliphatic rings. The zero-order valence-electron chi connectivity index (χ0n) is 19.7. The van der Waals surface area contributed by atoms with Crippen LogP contribution in [0.4, 0.5) is 20.3 Å². The van der Waals surface area contributed by atoms with Crippen LogP contribution in [0.1, 0.15) is 30.6 Å². The van der Waals surface area contributed by atoms with Crippen LogP contribution < -0.4 is 20.4 Å². The number of halogens is 3. The van der Waals surface area contributed by atoms with Crippen molar-refractivity contribution < 1.29 is 32.4 Å². The summed E-state index contributed by atoms with van der Waals surface area (Å²) < 4.78 is 47.4. The Kier molecular flexibility index (Phi) is 7.51. The molecule has 0 spiro atoms. The lowest BCUT2D eigenvalue weighted by Gasteiger charge is -2.34. The van der Waals surface area contributed by atoms with E-state index in [1.54, 1.807) is 13.2 Å². The van der Waals surface area contributed by atoms with Gasteiger partial charge in [0, 0.05) is 67.8 Å². The number of rotatable bonds is 7. The molecular formula is C23H27BClF2N3O5. The number of methoxy groups -OCH3 is 1. The van der Waals surface area contributed by atoms with Crippen molar-refractivity contribution in [1.29, 1.82) is 0 Å². The second kappa shape index (κ2) is 10.3. The number of carbonyl (C=O) groups is 1. The summed E-state index contributed by atoms with van der Waals surface area (Å²) in [6.45, 7) is 6.56. The molecule has 1 atom stereocenters. The molecular weight excluding hydrogens is 483 g/mol. The lowest BCUT2D eigenvalue weighted by Crippen LogP contribution is -2.49. The number of aromatic nitrogens is 1. The fourth-order valence-electron chi connectivity index (χ4n) is 3.96. The Morgan fingerprint density at radius 1 is 1.29 bits per heavy atom. The molecule has 8 nitrogen and oxygen atoms in total. The van der Waals surface area contributed by atoms with Gasteiger partial charge in [-0.1, -0.05) is 13.8 Å². The summed E-state index contributed by atoms with van der Waals surface area (Å²) in [5.74, 6) is 0.133. The summed E-state index contributed by atoms with van der Waals surface area (Å²) in [6, 6.07) is 7.14. The van der Waals surface area contributed by atoms with E-state index in [9.17, 15) is 13.6 Å². The van der Waals surface area contributed by atoms with Crippen molar-refractivity contribution in [2.24, 2.45) is 5.41 Å². The van der Waals surface area contributed by atoms with Gasteiger partial charge < -0.3 is 29.0 Å². The molecule has 0 saturated carbocycles. The minimum atomic E-state index is -3.81. The smallest absolute Gasteiger partial charge is 0.420 e. The van der Waals surface area contributed by atoms with Crippen molar-refractivity contribution >= 4 is 41.6 Å². The highest BCUT2D eigenvalue weighted by atomic mass is 35.5. The minimum absolute atomic E-state index is 0.102. The maximum Gasteiger partial charge on any atom is 0.497 e. The average molecular weight is 510 g/mol. The van der Waals surface area contributed by atoms with E-state index in [-0.39, 0.29) is 17.3 Å². The molecule has 2 aromatic rings. The van der Waals surface area contributed by atoms with Gasteiger partial charge in [-0.05, 0) is 36.8 Å². The fourth-order valence-corrected chi connectivity index (χ4v) is 4.05. The van der Waals surface area contributed by atoms with Crippen LogP contribution in [0.5, 0.6) is 5.75 Å². The van der Waals surface area contributed by atoms with E-state index in [1.165, 1.54) is 30.5 Å². The van der Waals surface area contributed by atoms with E-state index in [2.05, 4.69) is 33.8 Å². The first kappa shape index (κ1) is 25.6. The molecule has 2 aliphatic heterocycles. The van der Waals surface area contributed by atoms with Gasteiger partial charge >= 0.3 is 12.7 Å². The molecule has 0 bridgehead atoms. The fraction of sp³-hybridized carbons (Fsp3) is 0.478. The van der Waals surface area contributed by atoms with Crippen molar-refractivity contribution in [3.8, 4) is 5.75 Å². The van der Waals surface area contributed by atoms with Crippen LogP contribution in [0.15, 0.2) is 36.5 Å². The second-order valence-corrected chi connectivity index (χ2v) is 9.81. The summed E-state index contributed by atoms with van der Waals surface area (Å²) in [6.07, 6.45) is 2.46. The third kappa shape index (κ3) is 6.61. The summed E-state index contributed by atoms with van der Waals surface area (Å²) in [4.78, 5) is 19.6. The zero-order valence-corrected chi connectivity index (χ0v) is 20.5. The van der Waals surface area contributed by atoms with Crippen LogP contribution in [-0.4, -0.2) is 63.1 Å². The van der Waals surface area contributed by atoms with E-state index in [0.29, 0.717) is 42.3 Å². The number of carbonyl (C=O) groups excluding carboxylic acids is 1. The molecule has 3 heterocycles. The third-order valence-corrected chi connectivity index (χ3v) is 5.86. The molecule has 188 valence electrons. The van der Waals surface area contributed by atoms with Gasteiger partial charge in [-0.2, -0.15) is 0 Å². The van der Waals surface area contributed by atoms with Gasteiger partial charge in [0.05, 0.1) is 11.7 Å². The lowest BCUT2D eigenvalue weighted by molar-refractivity contribution is -0.0964. The number of hydrogen-bond acceptors (Lipinski definition) is 7. The number of amides is 1. The van der Waals surface area contributed by atoms with Crippen molar-refractivity contribution in [1.82, 2.24) is 4.98 Å². The second-order valence-electron chi connectivity index (χ2n) is 9.37. The summed E-state index contributed by atoms with van der Waals surface area (Å²) in [5, 5.41) is 2.73. The van der Waals surface area contributed by atoms with E-state index >= 15 is 0 Å². The third-order valence-electron chi connectivity index (χ3n) is 5.79. The summed E-state index contributed by atoms with van der Waals surface area (Å²) >= 11 is 4.78. The predicted molar refractivity (Wildman–Crippen MR) is 129 cm³/mol. The normalized spacial score (nSPS) is 20.1. The van der Waals surface area contributed by atoms with Crippen LogP contribution in [0, 0.1) is 5.41 Å². The number of benzene rings is 1. The topological polar surface area (TPSA) is 82.2 Å². The van der Waals surface area contributed by atoms with Crippen LogP contribution in [-0.2, 0) is 14.0 Å². The molecule has 2 saturated heterocycles. The molecule has 12 heteroatoms. The maximum absolute atomic E-state index is 13.0. The van der Waals surface area contributed by atoms with E-state index in [4.69, 9.17) is 25.6 Å². The standard InChI is InChI=1S/C23H27BClF2N3O5/c1-22(2)13-33-24(34-14-22)19-10-15(11-28-20(19)30-9-8-18(12-30)32-3)21(31)29-16-4-6-17(7-5-16)35-23(25,26)27/h4-7,10-11,18H,8-9,12-14H2,1-3H3,(H,29,31)/t18-/m1/s1. The van der Waals surface area contributed by atoms with Gasteiger partial charge in [0.25, 0.3) is 5.91 Å². The Balaban J connectivity index is 1.54. The SMILES string of the molecule is CO[C@@H]1CCN(c2ncc(C(=O)Nc3ccc(OC(F)(F)Cl)cc3)cc2B2OCC(C)(C)CO2)C1. The predicted octanol–water partition coefficient (Wildman–Crippen LogP) is 3.50. The highest BCUT2D eigenvalue weighted by molar-refractivity contribution is 6.63. The number of ether oxygens (including phenoxy) is 2. The maximum atomic E-state index is 13.0. The van der Waals surface area contributed by atoms with Gasteiger partial charge in [-0.15, -0.1) is 8.78 Å². The quantitative estimate of drug-likeness (QED) is 0.452. The van der Waals surface area contributed by atoms with E-state index < -0.39 is 18.6 Å². The molecule has 2 fully saturated rings. The molecule has 1 aromatic heterocycles. The van der Waals surface area contributed by atoms with Crippen LogP contribution in [0.25, 0.3) is 0 Å². The highest BCUT2D eigenvalue weighted by Crippen LogP contribution is 2.27. The molecule has 0 aliphatic carbocycles. The van der Waals surface area contributed by atoms with Gasteiger partial charge in [0.1, 0.15) is 11.6 Å². The number of hydrogen-bond donors (Lipinski definition) is 1. The largest absolute Gasteiger partial charge is 0.497 e. The molecule has 4 rings (SSSR count). The number of anilines is 2. The first-order chi connectivity index (χ1) is 16.5. The number of nitrogens with zero attached hydrogens (tertiary/aromatic N) is 2. The van der Waals surface area contributed by atoms with Crippen molar-refractivity contribution in [2.45, 2.75) is 31.9 Å². The van der Waals surface area contributed by atoms with Crippen LogP contribution in [0.2, 0.25) is 0 Å². The van der Waals surface area contributed by atoms with Crippen LogP contribution in [0.3, 0.4) is 0 Å². The molecule has 0 radical (unpaired) electrons. The van der Waals surface area contributed by atoms with Crippen molar-refractivity contribution in [3.63, 3.8) is 0 Å². The Labute approximate surface area is 208 Å². The van der Waals surface area contributed by atoms with Crippen molar-refractivity contribution in [3.05, 3.63) is 42.1 Å². The number of alkyl halides is 3. The highest BCUT2D eigenvalue weighted by Gasteiger charge is 2.38. The van der Waals surface area contributed by atoms with Gasteiger partial charge in [-0.3, -0.25) is 4.79 Å². The van der Waals surface area contributed by atoms with E-state index in [1.807, 2.05) is 0 Å². The van der Waals surface area contributed by atoms with Gasteiger partial charge in [0.15, 0.2) is 0 Å². The zero-order chi connectivity index (χ0) is 25.2. The molecule has 1 N–H and O–H groups in total. The molecule has 1 aromatic carbocycles. The molecule has 0 unspecified atom stereocenters. The Morgan fingerprint density at radius 2 is 1.97 bits per heavy atom. The first-order valence-corrected chi connectivity index (χ1v) is 11.6. The van der Waals surface area contributed by atoms with Crippen LogP contribution >= 0.6 is 11.6 Å². The minimum Gasteiger partial charge on any atom is -0.420 e. The number of nitrogens with one attached hydrogen (secondary N) is 1. The molecule has 1 amide bonds. The average Bonchev–Trinajstić information content (AvgIpc) is 3.28. The van der Waals surface area contributed by atoms with Crippen molar-refractivity contribution in [2.75, 3.05) is 43.6 Å². The first-order valence-electron chi connectivity index (χ1n) is 11.2. The monoisotopic (exact) mass is 509 g/mol.